The lowest BCUT2D eigenvalue weighted by Gasteiger charge is -2.38. The lowest BCUT2D eigenvalue weighted by atomic mass is 10.2. The Hall–Kier alpha value is -0.873. The SMILES string of the molecule is C/C=C/[C@@H](C/C=C/C(N)=O)O[Si](C)(C)C(C)(C)C. The normalized spacial score (nSPS) is 15.4. The second kappa shape index (κ2) is 6.90. The van der Waals surface area contributed by atoms with Gasteiger partial charge in [0.2, 0.25) is 5.91 Å². The van der Waals surface area contributed by atoms with Crippen LogP contribution in [0.3, 0.4) is 0 Å². The molecular weight excluding hydrogens is 242 g/mol. The molecule has 1 atom stereocenters. The maximum absolute atomic E-state index is 10.7. The first-order valence-electron chi connectivity index (χ1n) is 6.37. The van der Waals surface area contributed by atoms with Crippen LogP contribution in [0.4, 0.5) is 0 Å². The molecule has 0 spiro atoms. The molecule has 0 rings (SSSR count). The maximum Gasteiger partial charge on any atom is 0.241 e. The molecule has 0 saturated carbocycles. The molecule has 104 valence electrons. The molecule has 0 fully saturated rings. The van der Waals surface area contributed by atoms with Crippen LogP contribution in [-0.2, 0) is 9.22 Å². The molecule has 0 aromatic heterocycles. The van der Waals surface area contributed by atoms with E-state index in [2.05, 4.69) is 33.9 Å². The average Bonchev–Trinajstić information content (AvgIpc) is 2.14. The third kappa shape index (κ3) is 6.17. The maximum atomic E-state index is 10.7. The number of carbonyl (C=O) groups excluding carboxylic acids is 1. The van der Waals surface area contributed by atoms with Gasteiger partial charge in [0, 0.05) is 0 Å². The number of hydrogen-bond donors (Lipinski definition) is 1. The number of allylic oxidation sites excluding steroid dienone is 1. The summed E-state index contributed by atoms with van der Waals surface area (Å²) in [6.45, 7) is 13.1. The van der Waals surface area contributed by atoms with Crippen molar-refractivity contribution in [3.63, 3.8) is 0 Å². The summed E-state index contributed by atoms with van der Waals surface area (Å²) in [5, 5.41) is 0.181. The highest BCUT2D eigenvalue weighted by molar-refractivity contribution is 6.74. The van der Waals surface area contributed by atoms with E-state index in [4.69, 9.17) is 10.2 Å². The van der Waals surface area contributed by atoms with Gasteiger partial charge in [0.1, 0.15) is 0 Å². The number of rotatable bonds is 6. The lowest BCUT2D eigenvalue weighted by molar-refractivity contribution is -0.113. The molecule has 0 aromatic rings. The van der Waals surface area contributed by atoms with E-state index in [1.807, 2.05) is 19.1 Å². The average molecular weight is 269 g/mol. The zero-order valence-corrected chi connectivity index (χ0v) is 13.5. The minimum absolute atomic E-state index is 0.0199. The zero-order valence-electron chi connectivity index (χ0n) is 12.5. The van der Waals surface area contributed by atoms with Crippen molar-refractivity contribution in [2.45, 2.75) is 58.4 Å². The Morgan fingerprint density at radius 2 is 1.94 bits per heavy atom. The minimum Gasteiger partial charge on any atom is -0.410 e. The second-order valence-corrected chi connectivity index (χ2v) is 10.7. The van der Waals surface area contributed by atoms with Gasteiger partial charge in [-0.3, -0.25) is 4.79 Å². The van der Waals surface area contributed by atoms with Gasteiger partial charge in [-0.25, -0.2) is 0 Å². The summed E-state index contributed by atoms with van der Waals surface area (Å²) >= 11 is 0. The van der Waals surface area contributed by atoms with Gasteiger partial charge in [0.25, 0.3) is 0 Å². The van der Waals surface area contributed by atoms with Crippen LogP contribution in [0.25, 0.3) is 0 Å². The predicted octanol–water partition coefficient (Wildman–Crippen LogP) is 3.38. The fourth-order valence-corrected chi connectivity index (χ4v) is 2.54. The summed E-state index contributed by atoms with van der Waals surface area (Å²) in [6.07, 6.45) is 7.89. The zero-order chi connectivity index (χ0) is 14.4. The van der Waals surface area contributed by atoms with Gasteiger partial charge in [0.15, 0.2) is 8.32 Å². The van der Waals surface area contributed by atoms with Crippen molar-refractivity contribution < 1.29 is 9.22 Å². The van der Waals surface area contributed by atoms with Crippen molar-refractivity contribution in [2.24, 2.45) is 5.73 Å². The van der Waals surface area contributed by atoms with Crippen LogP contribution in [0.5, 0.6) is 0 Å². The molecular formula is C14H27NO2Si. The van der Waals surface area contributed by atoms with Gasteiger partial charge in [-0.1, -0.05) is 39.0 Å². The topological polar surface area (TPSA) is 52.3 Å². The van der Waals surface area contributed by atoms with Gasteiger partial charge in [-0.15, -0.1) is 0 Å². The van der Waals surface area contributed by atoms with Crippen LogP contribution in [0.15, 0.2) is 24.3 Å². The minimum atomic E-state index is -1.78. The summed E-state index contributed by atoms with van der Waals surface area (Å²) in [4.78, 5) is 10.7. The highest BCUT2D eigenvalue weighted by atomic mass is 28.4. The van der Waals surface area contributed by atoms with Crippen LogP contribution in [0.1, 0.15) is 34.1 Å². The van der Waals surface area contributed by atoms with Crippen LogP contribution in [-0.4, -0.2) is 20.3 Å². The molecule has 0 unspecified atom stereocenters. The molecule has 4 heteroatoms. The fourth-order valence-electron chi connectivity index (χ4n) is 1.25. The smallest absolute Gasteiger partial charge is 0.241 e. The van der Waals surface area contributed by atoms with Gasteiger partial charge < -0.3 is 10.2 Å². The summed E-state index contributed by atoms with van der Waals surface area (Å²) in [6, 6.07) is 0. The summed E-state index contributed by atoms with van der Waals surface area (Å²) < 4.78 is 6.27. The van der Waals surface area contributed by atoms with Crippen LogP contribution >= 0.6 is 0 Å². The van der Waals surface area contributed by atoms with Crippen molar-refractivity contribution in [3.8, 4) is 0 Å². The van der Waals surface area contributed by atoms with E-state index in [9.17, 15) is 4.79 Å². The van der Waals surface area contributed by atoms with Crippen molar-refractivity contribution in [1.82, 2.24) is 0 Å². The molecule has 18 heavy (non-hydrogen) atoms. The van der Waals surface area contributed by atoms with E-state index >= 15 is 0 Å². The molecule has 0 aliphatic carbocycles. The summed E-state index contributed by atoms with van der Waals surface area (Å²) in [7, 11) is -1.78. The Kier molecular flexibility index (Phi) is 6.56. The Balaban J connectivity index is 4.68. The van der Waals surface area contributed by atoms with Gasteiger partial charge in [0.05, 0.1) is 6.10 Å². The van der Waals surface area contributed by atoms with E-state index in [1.54, 1.807) is 6.08 Å². The number of hydrogen-bond acceptors (Lipinski definition) is 2. The highest BCUT2D eigenvalue weighted by Crippen LogP contribution is 2.37. The summed E-state index contributed by atoms with van der Waals surface area (Å²) in [5.74, 6) is -0.415. The van der Waals surface area contributed by atoms with Crippen molar-refractivity contribution in [1.29, 1.82) is 0 Å². The van der Waals surface area contributed by atoms with E-state index < -0.39 is 14.2 Å². The predicted molar refractivity (Wildman–Crippen MR) is 79.8 cm³/mol. The number of amides is 1. The molecule has 0 saturated heterocycles. The highest BCUT2D eigenvalue weighted by Gasteiger charge is 2.38. The van der Waals surface area contributed by atoms with Crippen molar-refractivity contribution >= 4 is 14.2 Å². The molecule has 0 heterocycles. The van der Waals surface area contributed by atoms with Crippen molar-refractivity contribution in [2.75, 3.05) is 0 Å². The van der Waals surface area contributed by atoms with E-state index in [1.165, 1.54) is 6.08 Å². The summed E-state index contributed by atoms with van der Waals surface area (Å²) in [5.41, 5.74) is 5.07. The third-order valence-electron chi connectivity index (χ3n) is 3.31. The van der Waals surface area contributed by atoms with Gasteiger partial charge in [-0.2, -0.15) is 0 Å². The number of carbonyl (C=O) groups is 1. The third-order valence-corrected chi connectivity index (χ3v) is 7.81. The van der Waals surface area contributed by atoms with E-state index in [-0.39, 0.29) is 11.1 Å². The van der Waals surface area contributed by atoms with Gasteiger partial charge >= 0.3 is 0 Å². The first kappa shape index (κ1) is 17.1. The van der Waals surface area contributed by atoms with Crippen LogP contribution in [0.2, 0.25) is 18.1 Å². The first-order valence-corrected chi connectivity index (χ1v) is 9.27. The molecule has 0 radical (unpaired) electrons. The van der Waals surface area contributed by atoms with Crippen LogP contribution in [0, 0.1) is 0 Å². The quantitative estimate of drug-likeness (QED) is 0.456. The van der Waals surface area contributed by atoms with Crippen LogP contribution < -0.4 is 5.73 Å². The van der Waals surface area contributed by atoms with E-state index in [0.29, 0.717) is 6.42 Å². The molecule has 2 N–H and O–H groups in total. The molecule has 0 bridgehead atoms. The Morgan fingerprint density at radius 3 is 2.33 bits per heavy atom. The second-order valence-electron chi connectivity index (χ2n) is 5.98. The number of primary amides is 1. The Labute approximate surface area is 112 Å². The number of nitrogens with two attached hydrogens (primary N) is 1. The van der Waals surface area contributed by atoms with E-state index in [0.717, 1.165) is 0 Å². The first-order chi connectivity index (χ1) is 8.10. The van der Waals surface area contributed by atoms with Crippen molar-refractivity contribution in [3.05, 3.63) is 24.3 Å². The molecule has 0 aromatic carbocycles. The molecule has 1 amide bonds. The molecule has 0 aliphatic rings. The molecule has 3 nitrogen and oxygen atoms in total. The largest absolute Gasteiger partial charge is 0.410 e. The Morgan fingerprint density at radius 1 is 1.39 bits per heavy atom. The standard InChI is InChI=1S/C14H27NO2Si/c1-7-9-12(10-8-11-13(15)16)17-18(5,6)14(2,3)4/h7-9,11-12H,10H2,1-6H3,(H2,15,16)/b9-7+,11-8+/t12-/m0/s1. The monoisotopic (exact) mass is 269 g/mol. The Bertz CT molecular complexity index is 327. The van der Waals surface area contributed by atoms with Gasteiger partial charge in [-0.05, 0) is 37.6 Å². The lowest BCUT2D eigenvalue weighted by Crippen LogP contribution is -2.43. The molecule has 0 aliphatic heterocycles. The fraction of sp³-hybridized carbons (Fsp3) is 0.643.